The normalized spacial score (nSPS) is 10.2. The fourth-order valence-corrected chi connectivity index (χ4v) is 2.15. The Morgan fingerprint density at radius 3 is 2.75 bits per heavy atom. The Hall–Kier alpha value is -2.48. The summed E-state index contributed by atoms with van der Waals surface area (Å²) in [7, 11) is 0. The van der Waals surface area contributed by atoms with E-state index in [1.165, 1.54) is 5.69 Å². The molecule has 0 spiro atoms. The first-order valence-corrected chi connectivity index (χ1v) is 6.64. The van der Waals surface area contributed by atoms with Gasteiger partial charge in [0.15, 0.2) is 0 Å². The molecule has 2 aromatic rings. The molecule has 5 heteroatoms. The van der Waals surface area contributed by atoms with E-state index in [1.807, 2.05) is 17.7 Å². The number of anilines is 2. The van der Waals surface area contributed by atoms with Crippen molar-refractivity contribution < 1.29 is 0 Å². The van der Waals surface area contributed by atoms with Gasteiger partial charge in [-0.1, -0.05) is 0 Å². The van der Waals surface area contributed by atoms with Crippen molar-refractivity contribution in [1.29, 1.82) is 5.26 Å². The number of nitrogens with two attached hydrogens (primary N) is 1. The predicted molar refractivity (Wildman–Crippen MR) is 80.4 cm³/mol. The highest BCUT2D eigenvalue weighted by atomic mass is 15.3. The molecule has 1 aromatic heterocycles. The molecule has 0 unspecified atom stereocenters. The molecule has 5 nitrogen and oxygen atoms in total. The monoisotopic (exact) mass is 269 g/mol. The van der Waals surface area contributed by atoms with Crippen molar-refractivity contribution in [2.45, 2.75) is 26.8 Å². The standard InChI is InChI=1S/C15H19N5/c1-11-8-12(2)20(19-11)7-3-6-18-15-5-4-13(10-16)9-14(15)17/h4-5,8-9,18H,3,6-7,17H2,1-2H3. The average Bonchev–Trinajstić information content (AvgIpc) is 2.74. The Balaban J connectivity index is 1.85. The van der Waals surface area contributed by atoms with E-state index >= 15 is 0 Å². The van der Waals surface area contributed by atoms with E-state index in [9.17, 15) is 0 Å². The Morgan fingerprint density at radius 1 is 1.35 bits per heavy atom. The Bertz CT molecular complexity index is 636. The number of benzene rings is 1. The summed E-state index contributed by atoms with van der Waals surface area (Å²) in [6.07, 6.45) is 0.960. The summed E-state index contributed by atoms with van der Waals surface area (Å²) in [5, 5.41) is 16.5. The summed E-state index contributed by atoms with van der Waals surface area (Å²) < 4.78 is 2.01. The molecule has 0 atom stereocenters. The summed E-state index contributed by atoms with van der Waals surface area (Å²) in [4.78, 5) is 0. The fourth-order valence-electron chi connectivity index (χ4n) is 2.15. The highest BCUT2D eigenvalue weighted by Crippen LogP contribution is 2.19. The lowest BCUT2D eigenvalue weighted by Gasteiger charge is -2.10. The van der Waals surface area contributed by atoms with Gasteiger partial charge in [0.05, 0.1) is 28.7 Å². The second-order valence-corrected chi connectivity index (χ2v) is 4.84. The van der Waals surface area contributed by atoms with Crippen LogP contribution in [0.15, 0.2) is 24.3 Å². The molecular formula is C15H19N5. The number of nitriles is 1. The van der Waals surface area contributed by atoms with Crippen LogP contribution in [0.4, 0.5) is 11.4 Å². The Morgan fingerprint density at radius 2 is 2.15 bits per heavy atom. The van der Waals surface area contributed by atoms with E-state index in [0.29, 0.717) is 11.3 Å². The third-order valence-electron chi connectivity index (χ3n) is 3.15. The van der Waals surface area contributed by atoms with Gasteiger partial charge in [0.2, 0.25) is 0 Å². The summed E-state index contributed by atoms with van der Waals surface area (Å²) in [5.74, 6) is 0. The van der Waals surface area contributed by atoms with E-state index in [4.69, 9.17) is 11.0 Å². The number of aromatic nitrogens is 2. The predicted octanol–water partition coefficient (Wildman–Crippen LogP) is 2.46. The second-order valence-electron chi connectivity index (χ2n) is 4.84. The van der Waals surface area contributed by atoms with E-state index in [1.54, 1.807) is 12.1 Å². The van der Waals surface area contributed by atoms with Gasteiger partial charge in [-0.25, -0.2) is 0 Å². The zero-order valence-corrected chi connectivity index (χ0v) is 11.8. The van der Waals surface area contributed by atoms with Crippen molar-refractivity contribution in [2.24, 2.45) is 0 Å². The first-order chi connectivity index (χ1) is 9.60. The molecule has 2 rings (SSSR count). The number of hydrogen-bond donors (Lipinski definition) is 2. The van der Waals surface area contributed by atoms with Crippen molar-refractivity contribution in [3.8, 4) is 6.07 Å². The van der Waals surface area contributed by atoms with Crippen LogP contribution in [0.5, 0.6) is 0 Å². The van der Waals surface area contributed by atoms with Crippen LogP contribution in [-0.2, 0) is 6.54 Å². The first kappa shape index (κ1) is 13.9. The van der Waals surface area contributed by atoms with Crippen LogP contribution in [0.25, 0.3) is 0 Å². The molecule has 0 saturated carbocycles. The van der Waals surface area contributed by atoms with Crippen LogP contribution in [0.1, 0.15) is 23.4 Å². The van der Waals surface area contributed by atoms with Gasteiger partial charge in [-0.05, 0) is 44.5 Å². The van der Waals surface area contributed by atoms with Crippen molar-refractivity contribution in [3.63, 3.8) is 0 Å². The summed E-state index contributed by atoms with van der Waals surface area (Å²) in [6.45, 7) is 5.75. The van der Waals surface area contributed by atoms with Crippen molar-refractivity contribution in [1.82, 2.24) is 9.78 Å². The van der Waals surface area contributed by atoms with Crippen molar-refractivity contribution in [2.75, 3.05) is 17.6 Å². The van der Waals surface area contributed by atoms with Gasteiger partial charge in [-0.15, -0.1) is 0 Å². The van der Waals surface area contributed by atoms with E-state index in [0.717, 1.165) is 30.9 Å². The molecule has 3 N–H and O–H groups in total. The van der Waals surface area contributed by atoms with Crippen LogP contribution in [0, 0.1) is 25.2 Å². The minimum atomic E-state index is 0.579. The van der Waals surface area contributed by atoms with Gasteiger partial charge in [0.25, 0.3) is 0 Å². The van der Waals surface area contributed by atoms with Crippen LogP contribution in [0.3, 0.4) is 0 Å². The van der Waals surface area contributed by atoms with Crippen LogP contribution in [-0.4, -0.2) is 16.3 Å². The molecule has 0 aliphatic carbocycles. The quantitative estimate of drug-likeness (QED) is 0.645. The molecule has 0 amide bonds. The number of nitrogen functional groups attached to an aromatic ring is 1. The third-order valence-corrected chi connectivity index (χ3v) is 3.15. The second kappa shape index (κ2) is 6.11. The topological polar surface area (TPSA) is 79.7 Å². The molecule has 20 heavy (non-hydrogen) atoms. The summed E-state index contributed by atoms with van der Waals surface area (Å²) in [5.41, 5.74) is 10.2. The molecule has 0 aliphatic rings. The van der Waals surface area contributed by atoms with Crippen molar-refractivity contribution >= 4 is 11.4 Å². The zero-order valence-electron chi connectivity index (χ0n) is 11.8. The van der Waals surface area contributed by atoms with E-state index in [-0.39, 0.29) is 0 Å². The Kier molecular flexibility index (Phi) is 4.26. The van der Waals surface area contributed by atoms with Crippen LogP contribution >= 0.6 is 0 Å². The summed E-state index contributed by atoms with van der Waals surface area (Å²) >= 11 is 0. The minimum Gasteiger partial charge on any atom is -0.397 e. The van der Waals surface area contributed by atoms with Gasteiger partial charge in [0, 0.05) is 18.8 Å². The number of nitrogens with one attached hydrogen (secondary N) is 1. The van der Waals surface area contributed by atoms with Gasteiger partial charge < -0.3 is 11.1 Å². The molecule has 0 radical (unpaired) electrons. The van der Waals surface area contributed by atoms with Crippen molar-refractivity contribution in [3.05, 3.63) is 41.2 Å². The van der Waals surface area contributed by atoms with Gasteiger partial charge >= 0.3 is 0 Å². The van der Waals surface area contributed by atoms with Crippen LogP contribution < -0.4 is 11.1 Å². The SMILES string of the molecule is Cc1cc(C)n(CCCNc2ccc(C#N)cc2N)n1. The maximum absolute atomic E-state index is 8.79. The van der Waals surface area contributed by atoms with Gasteiger partial charge in [-0.3, -0.25) is 4.68 Å². The molecule has 0 fully saturated rings. The number of nitrogens with zero attached hydrogens (tertiary/aromatic N) is 3. The molecule has 0 saturated heterocycles. The lowest BCUT2D eigenvalue weighted by Crippen LogP contribution is -2.10. The van der Waals surface area contributed by atoms with Gasteiger partial charge in [0.1, 0.15) is 0 Å². The van der Waals surface area contributed by atoms with Gasteiger partial charge in [-0.2, -0.15) is 10.4 Å². The lowest BCUT2D eigenvalue weighted by molar-refractivity contribution is 0.574. The minimum absolute atomic E-state index is 0.579. The lowest BCUT2D eigenvalue weighted by atomic mass is 10.2. The number of rotatable bonds is 5. The number of hydrogen-bond acceptors (Lipinski definition) is 4. The molecule has 104 valence electrons. The highest BCUT2D eigenvalue weighted by Gasteiger charge is 2.02. The largest absolute Gasteiger partial charge is 0.397 e. The fraction of sp³-hybridized carbons (Fsp3) is 0.333. The van der Waals surface area contributed by atoms with Crippen LogP contribution in [0.2, 0.25) is 0 Å². The number of aryl methyl sites for hydroxylation is 3. The smallest absolute Gasteiger partial charge is 0.0992 e. The molecule has 1 aromatic carbocycles. The highest BCUT2D eigenvalue weighted by molar-refractivity contribution is 5.68. The average molecular weight is 269 g/mol. The molecule has 0 bridgehead atoms. The molecule has 1 heterocycles. The zero-order chi connectivity index (χ0) is 14.5. The van der Waals surface area contributed by atoms with E-state index in [2.05, 4.69) is 29.5 Å². The first-order valence-electron chi connectivity index (χ1n) is 6.64. The Labute approximate surface area is 119 Å². The maximum atomic E-state index is 8.79. The molecular weight excluding hydrogens is 250 g/mol. The summed E-state index contributed by atoms with van der Waals surface area (Å²) in [6, 6.07) is 9.44. The molecule has 0 aliphatic heterocycles. The maximum Gasteiger partial charge on any atom is 0.0992 e. The third kappa shape index (κ3) is 3.29. The van der Waals surface area contributed by atoms with E-state index < -0.39 is 0 Å².